The molecule has 0 unspecified atom stereocenters. The lowest BCUT2D eigenvalue weighted by atomic mass is 10.3. The van der Waals surface area contributed by atoms with Crippen LogP contribution in [0.1, 0.15) is 19.3 Å². The van der Waals surface area contributed by atoms with Gasteiger partial charge in [0.1, 0.15) is 5.75 Å². The van der Waals surface area contributed by atoms with Crippen LogP contribution in [0.25, 0.3) is 0 Å². The molecule has 1 aromatic rings. The maximum absolute atomic E-state index is 11.8. The van der Waals surface area contributed by atoms with Crippen LogP contribution in [0.5, 0.6) is 5.75 Å². The summed E-state index contributed by atoms with van der Waals surface area (Å²) in [6.07, 6.45) is -4.29. The van der Waals surface area contributed by atoms with Crippen molar-refractivity contribution in [1.82, 2.24) is 0 Å². The first kappa shape index (κ1) is 15.6. The number of hydrogen-bond donors (Lipinski definition) is 1. The van der Waals surface area contributed by atoms with E-state index < -0.39 is 12.6 Å². The number of halogens is 3. The Morgan fingerprint density at radius 2 is 1.68 bits per heavy atom. The highest BCUT2D eigenvalue weighted by Gasteiger charge is 2.25. The Hall–Kier alpha value is -1.43. The van der Waals surface area contributed by atoms with Crippen molar-refractivity contribution in [1.29, 1.82) is 0 Å². The number of rotatable bonds is 8. The third-order valence-corrected chi connectivity index (χ3v) is 2.36. The van der Waals surface area contributed by atoms with Gasteiger partial charge in [-0.15, -0.1) is 0 Å². The van der Waals surface area contributed by atoms with Crippen molar-refractivity contribution in [3.05, 3.63) is 24.3 Å². The Morgan fingerprint density at radius 1 is 1.00 bits per heavy atom. The zero-order valence-corrected chi connectivity index (χ0v) is 10.6. The van der Waals surface area contributed by atoms with Crippen LogP contribution < -0.4 is 10.5 Å². The van der Waals surface area contributed by atoms with Gasteiger partial charge in [0.15, 0.2) is 0 Å². The molecular weight excluding hydrogens is 259 g/mol. The highest BCUT2D eigenvalue weighted by atomic mass is 19.4. The molecule has 6 heteroatoms. The first-order chi connectivity index (χ1) is 8.99. The predicted molar refractivity (Wildman–Crippen MR) is 67.1 cm³/mol. The summed E-state index contributed by atoms with van der Waals surface area (Å²) in [4.78, 5) is 0. The van der Waals surface area contributed by atoms with E-state index in [-0.39, 0.29) is 13.0 Å². The molecule has 1 aromatic carbocycles. The van der Waals surface area contributed by atoms with Crippen molar-refractivity contribution in [2.75, 3.05) is 25.6 Å². The summed E-state index contributed by atoms with van der Waals surface area (Å²) < 4.78 is 46.0. The standard InChI is InChI=1S/C13H18F3NO2/c14-13(15,16)7-3-8-18-9-4-10-19-12-6-2-1-5-11(12)17/h1-2,5-6H,3-4,7-10,17H2. The summed E-state index contributed by atoms with van der Waals surface area (Å²) in [5.74, 6) is 0.611. The minimum Gasteiger partial charge on any atom is -0.491 e. The average Bonchev–Trinajstić information content (AvgIpc) is 2.33. The van der Waals surface area contributed by atoms with Gasteiger partial charge >= 0.3 is 6.18 Å². The van der Waals surface area contributed by atoms with E-state index in [1.165, 1.54) is 0 Å². The number of nitrogen functional groups attached to an aromatic ring is 1. The van der Waals surface area contributed by atoms with Gasteiger partial charge in [-0.05, 0) is 18.6 Å². The number of nitrogens with two attached hydrogens (primary N) is 1. The third kappa shape index (κ3) is 7.56. The SMILES string of the molecule is Nc1ccccc1OCCCOCCCC(F)(F)F. The summed E-state index contributed by atoms with van der Waals surface area (Å²) in [5, 5.41) is 0. The molecule has 19 heavy (non-hydrogen) atoms. The van der Waals surface area contributed by atoms with E-state index in [1.54, 1.807) is 12.1 Å². The molecule has 0 aliphatic rings. The number of benzene rings is 1. The van der Waals surface area contributed by atoms with Crippen LogP contribution in [0.15, 0.2) is 24.3 Å². The van der Waals surface area contributed by atoms with E-state index >= 15 is 0 Å². The van der Waals surface area contributed by atoms with Gasteiger partial charge in [-0.25, -0.2) is 0 Å². The minimum atomic E-state index is -4.10. The molecule has 0 fully saturated rings. The van der Waals surface area contributed by atoms with Crippen LogP contribution in [-0.4, -0.2) is 26.0 Å². The molecule has 0 spiro atoms. The van der Waals surface area contributed by atoms with Gasteiger partial charge in [-0.3, -0.25) is 0 Å². The Bertz CT molecular complexity index is 369. The van der Waals surface area contributed by atoms with Crippen molar-refractivity contribution in [3.8, 4) is 5.75 Å². The molecule has 0 bridgehead atoms. The van der Waals surface area contributed by atoms with E-state index in [4.69, 9.17) is 15.2 Å². The first-order valence-electron chi connectivity index (χ1n) is 6.11. The van der Waals surface area contributed by atoms with Crippen molar-refractivity contribution in [2.45, 2.75) is 25.4 Å². The number of ether oxygens (including phenoxy) is 2. The second-order valence-electron chi connectivity index (χ2n) is 4.07. The van der Waals surface area contributed by atoms with Crippen LogP contribution in [0.4, 0.5) is 18.9 Å². The fourth-order valence-electron chi connectivity index (χ4n) is 1.43. The Kier molecular flexibility index (Phi) is 6.49. The van der Waals surface area contributed by atoms with Gasteiger partial charge in [0.05, 0.1) is 12.3 Å². The lowest BCUT2D eigenvalue weighted by molar-refractivity contribution is -0.137. The quantitative estimate of drug-likeness (QED) is 0.585. The Balaban J connectivity index is 1.99. The van der Waals surface area contributed by atoms with Crippen LogP contribution in [0.3, 0.4) is 0 Å². The molecule has 0 saturated carbocycles. The van der Waals surface area contributed by atoms with E-state index in [0.717, 1.165) is 0 Å². The number of alkyl halides is 3. The third-order valence-electron chi connectivity index (χ3n) is 2.36. The zero-order valence-electron chi connectivity index (χ0n) is 10.6. The molecule has 0 saturated heterocycles. The first-order valence-corrected chi connectivity index (χ1v) is 6.11. The Labute approximate surface area is 110 Å². The molecular formula is C13H18F3NO2. The van der Waals surface area contributed by atoms with E-state index in [0.29, 0.717) is 31.1 Å². The van der Waals surface area contributed by atoms with Crippen molar-refractivity contribution in [2.24, 2.45) is 0 Å². The van der Waals surface area contributed by atoms with Gasteiger partial charge in [0.25, 0.3) is 0 Å². The number of para-hydroxylation sites is 2. The van der Waals surface area contributed by atoms with Crippen LogP contribution >= 0.6 is 0 Å². The summed E-state index contributed by atoms with van der Waals surface area (Å²) in [5.41, 5.74) is 6.24. The number of anilines is 1. The molecule has 2 N–H and O–H groups in total. The maximum atomic E-state index is 11.8. The molecule has 0 atom stereocenters. The maximum Gasteiger partial charge on any atom is 0.389 e. The molecule has 1 rings (SSSR count). The van der Waals surface area contributed by atoms with Gasteiger partial charge in [0, 0.05) is 26.1 Å². The largest absolute Gasteiger partial charge is 0.491 e. The second kappa shape index (κ2) is 7.89. The van der Waals surface area contributed by atoms with Crippen LogP contribution in [0.2, 0.25) is 0 Å². The summed E-state index contributed by atoms with van der Waals surface area (Å²) in [7, 11) is 0. The van der Waals surface area contributed by atoms with Gasteiger partial charge in [-0.1, -0.05) is 12.1 Å². The Morgan fingerprint density at radius 3 is 2.37 bits per heavy atom. The number of hydrogen-bond acceptors (Lipinski definition) is 3. The van der Waals surface area contributed by atoms with Gasteiger partial charge < -0.3 is 15.2 Å². The molecule has 0 radical (unpaired) electrons. The molecule has 3 nitrogen and oxygen atoms in total. The lowest BCUT2D eigenvalue weighted by Crippen LogP contribution is -2.10. The normalized spacial score (nSPS) is 11.5. The summed E-state index contributed by atoms with van der Waals surface area (Å²) in [6, 6.07) is 7.13. The average molecular weight is 277 g/mol. The summed E-state index contributed by atoms with van der Waals surface area (Å²) in [6.45, 7) is 0.922. The van der Waals surface area contributed by atoms with E-state index in [2.05, 4.69) is 0 Å². The smallest absolute Gasteiger partial charge is 0.389 e. The fraction of sp³-hybridized carbons (Fsp3) is 0.538. The van der Waals surface area contributed by atoms with Crippen molar-refractivity contribution in [3.63, 3.8) is 0 Å². The fourth-order valence-corrected chi connectivity index (χ4v) is 1.43. The van der Waals surface area contributed by atoms with Crippen molar-refractivity contribution < 1.29 is 22.6 Å². The second-order valence-corrected chi connectivity index (χ2v) is 4.07. The van der Waals surface area contributed by atoms with Gasteiger partial charge in [-0.2, -0.15) is 13.2 Å². The van der Waals surface area contributed by atoms with E-state index in [1.807, 2.05) is 12.1 Å². The molecule has 0 aliphatic heterocycles. The highest BCUT2D eigenvalue weighted by Crippen LogP contribution is 2.21. The predicted octanol–water partition coefficient (Wildman–Crippen LogP) is 3.40. The highest BCUT2D eigenvalue weighted by molar-refractivity contribution is 5.51. The van der Waals surface area contributed by atoms with Crippen LogP contribution in [0, 0.1) is 0 Å². The lowest BCUT2D eigenvalue weighted by Gasteiger charge is -2.09. The van der Waals surface area contributed by atoms with Crippen LogP contribution in [-0.2, 0) is 4.74 Å². The minimum absolute atomic E-state index is 0.00398. The zero-order chi connectivity index (χ0) is 14.1. The monoisotopic (exact) mass is 277 g/mol. The molecule has 0 aromatic heterocycles. The molecule has 0 amide bonds. The topological polar surface area (TPSA) is 44.5 Å². The molecule has 0 heterocycles. The van der Waals surface area contributed by atoms with Gasteiger partial charge in [0.2, 0.25) is 0 Å². The van der Waals surface area contributed by atoms with Crippen molar-refractivity contribution >= 4 is 5.69 Å². The molecule has 0 aliphatic carbocycles. The summed E-state index contributed by atoms with van der Waals surface area (Å²) >= 11 is 0. The molecule has 108 valence electrons. The van der Waals surface area contributed by atoms with E-state index in [9.17, 15) is 13.2 Å².